The van der Waals surface area contributed by atoms with E-state index in [1.165, 1.54) is 6.07 Å². The fraction of sp³-hybridized carbons (Fsp3) is 0.0323. The Hall–Kier alpha value is -4.81. The summed E-state index contributed by atoms with van der Waals surface area (Å²) >= 11 is 5.95. The highest BCUT2D eigenvalue weighted by molar-refractivity contribution is 6.30. The first-order chi connectivity index (χ1) is 18.5. The Bertz CT molecular complexity index is 1730. The van der Waals surface area contributed by atoms with Crippen LogP contribution in [0.5, 0.6) is 17.2 Å². The quantitative estimate of drug-likeness (QED) is 0.134. The van der Waals surface area contributed by atoms with Gasteiger partial charge in [0.05, 0.1) is 12.7 Å². The monoisotopic (exact) mass is 522 g/mol. The van der Waals surface area contributed by atoms with Gasteiger partial charge in [0.2, 0.25) is 5.78 Å². The fourth-order valence-corrected chi connectivity index (χ4v) is 4.42. The summed E-state index contributed by atoms with van der Waals surface area (Å²) in [5, 5.41) is 1.16. The standard InChI is InChI=1S/C31H19ClO6/c1-35-21-12-14-25-24(16-21)28(30(38-25)19-5-3-2-4-6-19)31(34)36-22-11-13-23-26(17-22)37-27(29(23)33)15-18-7-9-20(32)10-8-18/h2-17H,1H3. The molecule has 186 valence electrons. The third-order valence-corrected chi connectivity index (χ3v) is 6.41. The summed E-state index contributed by atoms with van der Waals surface area (Å²) in [6, 6.07) is 26.3. The van der Waals surface area contributed by atoms with Crippen molar-refractivity contribution in [2.24, 2.45) is 0 Å². The molecule has 0 unspecified atom stereocenters. The van der Waals surface area contributed by atoms with Crippen molar-refractivity contribution >= 4 is 40.4 Å². The lowest BCUT2D eigenvalue weighted by Gasteiger charge is -2.07. The number of hydrogen-bond acceptors (Lipinski definition) is 6. The second-order valence-corrected chi connectivity index (χ2v) is 9.01. The molecule has 0 bridgehead atoms. The molecule has 4 aromatic carbocycles. The lowest BCUT2D eigenvalue weighted by Crippen LogP contribution is -2.09. The smallest absolute Gasteiger partial charge is 0.348 e. The number of rotatable bonds is 5. The molecule has 0 fully saturated rings. The minimum Gasteiger partial charge on any atom is -0.497 e. The number of carbonyl (C=O) groups is 2. The number of allylic oxidation sites excluding steroid dienone is 1. The zero-order chi connectivity index (χ0) is 26.2. The van der Waals surface area contributed by atoms with Crippen LogP contribution in [0.15, 0.2) is 101 Å². The van der Waals surface area contributed by atoms with Gasteiger partial charge in [0, 0.05) is 22.0 Å². The van der Waals surface area contributed by atoms with Crippen molar-refractivity contribution < 1.29 is 28.2 Å². The van der Waals surface area contributed by atoms with Crippen LogP contribution in [-0.4, -0.2) is 18.9 Å². The van der Waals surface area contributed by atoms with Crippen LogP contribution in [0.2, 0.25) is 5.02 Å². The van der Waals surface area contributed by atoms with E-state index in [-0.39, 0.29) is 22.9 Å². The third kappa shape index (κ3) is 4.31. The van der Waals surface area contributed by atoms with Crippen molar-refractivity contribution in [2.45, 2.75) is 0 Å². The highest BCUT2D eigenvalue weighted by Crippen LogP contribution is 2.38. The third-order valence-electron chi connectivity index (χ3n) is 6.15. The second kappa shape index (κ2) is 9.57. The molecule has 0 radical (unpaired) electrons. The van der Waals surface area contributed by atoms with Crippen LogP contribution in [0.1, 0.15) is 26.3 Å². The van der Waals surface area contributed by atoms with Gasteiger partial charge in [0.25, 0.3) is 0 Å². The summed E-state index contributed by atoms with van der Waals surface area (Å²) in [6.07, 6.45) is 1.64. The van der Waals surface area contributed by atoms with Gasteiger partial charge in [-0.05, 0) is 54.1 Å². The van der Waals surface area contributed by atoms with Gasteiger partial charge < -0.3 is 18.6 Å². The predicted molar refractivity (Wildman–Crippen MR) is 144 cm³/mol. The van der Waals surface area contributed by atoms with Gasteiger partial charge in [-0.1, -0.05) is 54.1 Å². The van der Waals surface area contributed by atoms with Crippen LogP contribution in [0.3, 0.4) is 0 Å². The molecule has 0 atom stereocenters. The number of ketones is 1. The molecule has 6 nitrogen and oxygen atoms in total. The second-order valence-electron chi connectivity index (χ2n) is 8.57. The molecule has 6 rings (SSSR count). The maximum Gasteiger partial charge on any atom is 0.348 e. The lowest BCUT2D eigenvalue weighted by atomic mass is 10.1. The molecule has 1 aromatic heterocycles. The van der Waals surface area contributed by atoms with Crippen molar-refractivity contribution in [3.05, 3.63) is 118 Å². The number of hydrogen-bond donors (Lipinski definition) is 0. The average molecular weight is 523 g/mol. The maximum atomic E-state index is 13.5. The van der Waals surface area contributed by atoms with Crippen molar-refractivity contribution in [3.63, 3.8) is 0 Å². The SMILES string of the molecule is COc1ccc2oc(-c3ccccc3)c(C(=O)Oc3ccc4c(c3)OC(=Cc3ccc(Cl)cc3)C4=O)c2c1. The topological polar surface area (TPSA) is 75.0 Å². The Morgan fingerprint density at radius 2 is 1.66 bits per heavy atom. The first kappa shape index (κ1) is 23.6. The number of ether oxygens (including phenoxy) is 3. The summed E-state index contributed by atoms with van der Waals surface area (Å²) in [4.78, 5) is 26.4. The number of esters is 1. The maximum absolute atomic E-state index is 13.5. The van der Waals surface area contributed by atoms with Gasteiger partial charge in [0.15, 0.2) is 5.76 Å². The Morgan fingerprint density at radius 1 is 0.895 bits per heavy atom. The molecule has 1 aliphatic rings. The lowest BCUT2D eigenvalue weighted by molar-refractivity contribution is 0.0736. The molecule has 2 heterocycles. The summed E-state index contributed by atoms with van der Waals surface area (Å²) in [5.41, 5.74) is 2.68. The molecule has 0 N–H and O–H groups in total. The van der Waals surface area contributed by atoms with Gasteiger partial charge in [-0.25, -0.2) is 4.79 Å². The highest BCUT2D eigenvalue weighted by atomic mass is 35.5. The Labute approximate surface area is 222 Å². The van der Waals surface area contributed by atoms with Crippen LogP contribution in [-0.2, 0) is 0 Å². The Balaban J connectivity index is 1.33. The molecule has 7 heteroatoms. The van der Waals surface area contributed by atoms with E-state index >= 15 is 0 Å². The Morgan fingerprint density at radius 3 is 2.42 bits per heavy atom. The molecule has 1 aliphatic heterocycles. The Kier molecular flexibility index (Phi) is 5.94. The highest BCUT2D eigenvalue weighted by Gasteiger charge is 2.29. The van der Waals surface area contributed by atoms with Crippen LogP contribution in [0, 0.1) is 0 Å². The van der Waals surface area contributed by atoms with E-state index in [0.29, 0.717) is 38.8 Å². The zero-order valence-electron chi connectivity index (χ0n) is 20.1. The number of halogens is 1. The first-order valence-corrected chi connectivity index (χ1v) is 12.1. The van der Waals surface area contributed by atoms with Gasteiger partial charge in [-0.15, -0.1) is 0 Å². The largest absolute Gasteiger partial charge is 0.497 e. The molecule has 0 spiro atoms. The molecular weight excluding hydrogens is 504 g/mol. The molecular formula is C31H19ClO6. The molecule has 0 saturated carbocycles. The van der Waals surface area contributed by atoms with Crippen molar-refractivity contribution in [2.75, 3.05) is 7.11 Å². The minimum atomic E-state index is -0.614. The molecule has 0 amide bonds. The van der Waals surface area contributed by atoms with Crippen LogP contribution in [0.25, 0.3) is 28.4 Å². The molecule has 38 heavy (non-hydrogen) atoms. The van der Waals surface area contributed by atoms with E-state index in [1.807, 2.05) is 30.3 Å². The predicted octanol–water partition coefficient (Wildman–Crippen LogP) is 7.60. The van der Waals surface area contributed by atoms with Gasteiger partial charge in [0.1, 0.15) is 34.2 Å². The van der Waals surface area contributed by atoms with Gasteiger partial charge in [-0.2, -0.15) is 0 Å². The van der Waals surface area contributed by atoms with E-state index in [0.717, 1.165) is 11.1 Å². The number of benzene rings is 4. The van der Waals surface area contributed by atoms with Crippen molar-refractivity contribution in [3.8, 4) is 28.6 Å². The van der Waals surface area contributed by atoms with E-state index in [2.05, 4.69) is 0 Å². The number of methoxy groups -OCH3 is 1. The van der Waals surface area contributed by atoms with Gasteiger partial charge in [-0.3, -0.25) is 4.79 Å². The number of Topliss-reactive ketones (excluding diaryl/α,β-unsaturated/α-hetero) is 1. The summed E-state index contributed by atoms with van der Waals surface area (Å²) in [7, 11) is 1.55. The van der Waals surface area contributed by atoms with Crippen LogP contribution >= 0.6 is 11.6 Å². The zero-order valence-corrected chi connectivity index (χ0v) is 20.8. The minimum absolute atomic E-state index is 0.171. The van der Waals surface area contributed by atoms with Crippen LogP contribution < -0.4 is 14.2 Å². The van der Waals surface area contributed by atoms with E-state index in [9.17, 15) is 9.59 Å². The normalized spacial score (nSPS) is 13.4. The van der Waals surface area contributed by atoms with Crippen LogP contribution in [0.4, 0.5) is 0 Å². The average Bonchev–Trinajstić information content (AvgIpc) is 3.47. The summed E-state index contributed by atoms with van der Waals surface area (Å²) in [6.45, 7) is 0. The van der Waals surface area contributed by atoms with E-state index in [1.54, 1.807) is 67.8 Å². The summed E-state index contributed by atoms with van der Waals surface area (Å²) in [5.74, 6) is 0.804. The molecule has 0 saturated heterocycles. The number of fused-ring (bicyclic) bond motifs is 2. The van der Waals surface area contributed by atoms with E-state index in [4.69, 9.17) is 30.2 Å². The number of furan rings is 1. The molecule has 0 aliphatic carbocycles. The van der Waals surface area contributed by atoms with E-state index < -0.39 is 5.97 Å². The van der Waals surface area contributed by atoms with Crippen molar-refractivity contribution in [1.29, 1.82) is 0 Å². The number of carbonyl (C=O) groups excluding carboxylic acids is 2. The van der Waals surface area contributed by atoms with Crippen molar-refractivity contribution in [1.82, 2.24) is 0 Å². The molecule has 5 aromatic rings. The summed E-state index contributed by atoms with van der Waals surface area (Å²) < 4.78 is 23.0. The fourth-order valence-electron chi connectivity index (χ4n) is 4.30. The first-order valence-electron chi connectivity index (χ1n) is 11.7. The van der Waals surface area contributed by atoms with Gasteiger partial charge >= 0.3 is 5.97 Å².